The number of sulfone groups is 1. The summed E-state index contributed by atoms with van der Waals surface area (Å²) in [6.07, 6.45) is 5.63. The second kappa shape index (κ2) is 9.13. The molecule has 8 nitrogen and oxygen atoms in total. The number of amides is 1. The van der Waals surface area contributed by atoms with Gasteiger partial charge in [0.2, 0.25) is 5.88 Å². The molecular weight excluding hydrogens is 404 g/mol. The predicted molar refractivity (Wildman–Crippen MR) is 112 cm³/mol. The lowest BCUT2D eigenvalue weighted by atomic mass is 10.1. The van der Waals surface area contributed by atoms with Gasteiger partial charge >= 0.3 is 0 Å². The zero-order chi connectivity index (χ0) is 21.7. The Balaban J connectivity index is 1.69. The Labute approximate surface area is 176 Å². The molecule has 0 bridgehead atoms. The lowest BCUT2D eigenvalue weighted by Gasteiger charge is -2.14. The van der Waals surface area contributed by atoms with Gasteiger partial charge in [-0.2, -0.15) is 5.26 Å². The van der Waals surface area contributed by atoms with Crippen LogP contribution in [0.2, 0.25) is 0 Å². The highest BCUT2D eigenvalue weighted by Gasteiger charge is 2.20. The van der Waals surface area contributed by atoms with E-state index in [1.807, 2.05) is 6.07 Å². The van der Waals surface area contributed by atoms with Crippen molar-refractivity contribution < 1.29 is 17.9 Å². The molecule has 158 valence electrons. The van der Waals surface area contributed by atoms with Gasteiger partial charge in [-0.3, -0.25) is 4.79 Å². The lowest BCUT2D eigenvalue weighted by Crippen LogP contribution is -2.24. The highest BCUT2D eigenvalue weighted by atomic mass is 32.2. The van der Waals surface area contributed by atoms with Gasteiger partial charge in [0.05, 0.1) is 17.2 Å². The quantitative estimate of drug-likeness (QED) is 0.691. The average Bonchev–Trinajstić information content (AvgIpc) is 3.23. The fraction of sp³-hybridized carbons (Fsp3) is 0.381. The van der Waals surface area contributed by atoms with Gasteiger partial charge in [0.1, 0.15) is 17.3 Å². The summed E-state index contributed by atoms with van der Waals surface area (Å²) in [5.41, 5.74) is 6.99. The van der Waals surface area contributed by atoms with Gasteiger partial charge in [0, 0.05) is 12.8 Å². The number of nitrogens with one attached hydrogen (secondary N) is 1. The van der Waals surface area contributed by atoms with E-state index < -0.39 is 15.7 Å². The summed E-state index contributed by atoms with van der Waals surface area (Å²) in [7, 11) is -3.27. The summed E-state index contributed by atoms with van der Waals surface area (Å²) in [4.78, 5) is 17.0. The molecule has 1 aliphatic rings. The third kappa shape index (κ3) is 5.27. The second-order valence-electron chi connectivity index (χ2n) is 7.45. The minimum absolute atomic E-state index is 0.0562. The Morgan fingerprint density at radius 2 is 1.97 bits per heavy atom. The largest absolute Gasteiger partial charge is 0.476 e. The maximum Gasteiger partial charge on any atom is 0.270 e. The number of benzene rings is 1. The normalized spacial score (nSPS) is 14.3. The van der Waals surface area contributed by atoms with Gasteiger partial charge in [-0.1, -0.05) is 25.0 Å². The van der Waals surface area contributed by atoms with Gasteiger partial charge in [0.25, 0.3) is 5.91 Å². The summed E-state index contributed by atoms with van der Waals surface area (Å²) in [6, 6.07) is 9.58. The molecule has 1 heterocycles. The monoisotopic (exact) mass is 428 g/mol. The van der Waals surface area contributed by atoms with Gasteiger partial charge < -0.3 is 15.8 Å². The van der Waals surface area contributed by atoms with Crippen molar-refractivity contribution in [3.63, 3.8) is 0 Å². The number of nitrogens with zero attached hydrogens (tertiary/aromatic N) is 2. The maximum atomic E-state index is 12.5. The molecule has 1 aliphatic carbocycles. The molecule has 1 saturated carbocycles. The smallest absolute Gasteiger partial charge is 0.270 e. The van der Waals surface area contributed by atoms with Crippen molar-refractivity contribution in [2.24, 2.45) is 5.92 Å². The molecule has 3 N–H and O–H groups in total. The number of anilines is 1. The number of rotatable bonds is 7. The number of hydrogen-bond acceptors (Lipinski definition) is 7. The number of carbonyl (C=O) groups is 1. The first-order valence-electron chi connectivity index (χ1n) is 9.68. The van der Waals surface area contributed by atoms with Crippen molar-refractivity contribution in [3.8, 4) is 11.9 Å². The van der Waals surface area contributed by atoms with Crippen LogP contribution < -0.4 is 15.8 Å². The number of carbonyl (C=O) groups excluding carboxylic acids is 1. The minimum atomic E-state index is -3.27. The fourth-order valence-electron chi connectivity index (χ4n) is 3.37. The van der Waals surface area contributed by atoms with Crippen LogP contribution in [0.4, 0.5) is 5.69 Å². The number of ether oxygens (including phenoxy) is 1. The van der Waals surface area contributed by atoms with E-state index in [1.165, 1.54) is 31.0 Å². The average molecular weight is 429 g/mol. The van der Waals surface area contributed by atoms with E-state index in [1.54, 1.807) is 12.1 Å². The van der Waals surface area contributed by atoms with E-state index >= 15 is 0 Å². The number of nitrogen functional groups attached to an aromatic ring is 1. The molecule has 30 heavy (non-hydrogen) atoms. The second-order valence-corrected chi connectivity index (χ2v) is 9.46. The number of nitriles is 1. The molecule has 0 aliphatic heterocycles. The van der Waals surface area contributed by atoms with Crippen LogP contribution in [0.3, 0.4) is 0 Å². The highest BCUT2D eigenvalue weighted by Crippen LogP contribution is 2.28. The zero-order valence-corrected chi connectivity index (χ0v) is 17.5. The van der Waals surface area contributed by atoms with Crippen LogP contribution in [-0.2, 0) is 16.4 Å². The van der Waals surface area contributed by atoms with E-state index in [-0.39, 0.29) is 34.3 Å². The van der Waals surface area contributed by atoms with E-state index in [4.69, 9.17) is 10.5 Å². The van der Waals surface area contributed by atoms with Crippen LogP contribution in [0.15, 0.2) is 35.2 Å². The number of pyridine rings is 1. The van der Waals surface area contributed by atoms with Gasteiger partial charge in [0.15, 0.2) is 9.84 Å². The number of aromatic nitrogens is 1. The summed E-state index contributed by atoms with van der Waals surface area (Å²) in [6.45, 7) is 0.627. The summed E-state index contributed by atoms with van der Waals surface area (Å²) in [5, 5.41) is 12.1. The van der Waals surface area contributed by atoms with Crippen LogP contribution in [0.25, 0.3) is 0 Å². The van der Waals surface area contributed by atoms with Crippen LogP contribution in [0, 0.1) is 17.2 Å². The van der Waals surface area contributed by atoms with Crippen LogP contribution in [-0.4, -0.2) is 32.2 Å². The Morgan fingerprint density at radius 1 is 1.30 bits per heavy atom. The molecular formula is C21H24N4O4S. The molecule has 0 atom stereocenters. The molecule has 2 aromatic rings. The molecule has 1 fully saturated rings. The van der Waals surface area contributed by atoms with E-state index in [0.29, 0.717) is 12.5 Å². The van der Waals surface area contributed by atoms with Gasteiger partial charge in [-0.05, 0) is 42.5 Å². The Kier molecular flexibility index (Phi) is 6.57. The molecule has 0 spiro atoms. The Hall–Kier alpha value is -3.12. The van der Waals surface area contributed by atoms with Crippen molar-refractivity contribution in [1.82, 2.24) is 10.3 Å². The summed E-state index contributed by atoms with van der Waals surface area (Å²) in [5.74, 6) is 0.0307. The molecule has 0 radical (unpaired) electrons. The van der Waals surface area contributed by atoms with E-state index in [9.17, 15) is 18.5 Å². The standard InChI is InChI=1S/C21H24N4O4S/c1-30(27,28)16-8-6-14(7-9-16)12-24-20(26)19-10-18(23)17(11-22)21(25-19)29-13-15-4-2-3-5-15/h6-10,15H,2-5,12-13H2,1H3,(H2,23,25)(H,24,26). The predicted octanol–water partition coefficient (Wildman–Crippen LogP) is 2.44. The number of nitrogens with two attached hydrogens (primary N) is 1. The van der Waals surface area contributed by atoms with Gasteiger partial charge in [-0.25, -0.2) is 13.4 Å². The van der Waals surface area contributed by atoms with Crippen molar-refractivity contribution >= 4 is 21.4 Å². The molecule has 1 aromatic heterocycles. The van der Waals surface area contributed by atoms with Crippen LogP contribution in [0.1, 0.15) is 47.3 Å². The lowest BCUT2D eigenvalue weighted by molar-refractivity contribution is 0.0944. The van der Waals surface area contributed by atoms with Crippen molar-refractivity contribution in [2.75, 3.05) is 18.6 Å². The van der Waals surface area contributed by atoms with Crippen molar-refractivity contribution in [2.45, 2.75) is 37.1 Å². The first-order chi connectivity index (χ1) is 14.3. The first-order valence-corrected chi connectivity index (χ1v) is 11.6. The molecule has 9 heteroatoms. The topological polar surface area (TPSA) is 135 Å². The Morgan fingerprint density at radius 3 is 2.57 bits per heavy atom. The van der Waals surface area contributed by atoms with Crippen LogP contribution >= 0.6 is 0 Å². The van der Waals surface area contributed by atoms with Crippen molar-refractivity contribution in [1.29, 1.82) is 5.26 Å². The Bertz CT molecular complexity index is 1070. The summed E-state index contributed by atoms with van der Waals surface area (Å²) < 4.78 is 28.8. The SMILES string of the molecule is CS(=O)(=O)c1ccc(CNC(=O)c2cc(N)c(C#N)c(OCC3CCCC3)n2)cc1. The molecule has 0 saturated heterocycles. The highest BCUT2D eigenvalue weighted by molar-refractivity contribution is 7.90. The van der Waals surface area contributed by atoms with E-state index in [2.05, 4.69) is 10.3 Å². The molecule has 1 aromatic carbocycles. The van der Waals surface area contributed by atoms with Gasteiger partial charge in [-0.15, -0.1) is 0 Å². The van der Waals surface area contributed by atoms with E-state index in [0.717, 1.165) is 24.7 Å². The third-order valence-electron chi connectivity index (χ3n) is 5.10. The third-order valence-corrected chi connectivity index (χ3v) is 6.22. The van der Waals surface area contributed by atoms with Crippen molar-refractivity contribution in [3.05, 3.63) is 47.2 Å². The molecule has 1 amide bonds. The minimum Gasteiger partial charge on any atom is -0.476 e. The molecule has 3 rings (SSSR count). The molecule has 0 unspecified atom stereocenters. The summed E-state index contributed by atoms with van der Waals surface area (Å²) >= 11 is 0. The zero-order valence-electron chi connectivity index (χ0n) is 16.7. The fourth-order valence-corrected chi connectivity index (χ4v) is 4.01. The van der Waals surface area contributed by atoms with Crippen LogP contribution in [0.5, 0.6) is 5.88 Å². The number of hydrogen-bond donors (Lipinski definition) is 2. The maximum absolute atomic E-state index is 12.5. The first kappa shape index (κ1) is 21.6.